The lowest BCUT2D eigenvalue weighted by atomic mass is 10.2. The van der Waals surface area contributed by atoms with Crippen molar-refractivity contribution in [2.24, 2.45) is 0 Å². The van der Waals surface area contributed by atoms with Crippen LogP contribution in [-0.4, -0.2) is 10.5 Å². The first-order chi connectivity index (χ1) is 6.69. The summed E-state index contributed by atoms with van der Waals surface area (Å²) < 4.78 is 1.37. The van der Waals surface area contributed by atoms with E-state index in [1.807, 2.05) is 0 Å². The molecule has 68 valence electrons. The highest BCUT2D eigenvalue weighted by Crippen LogP contribution is 2.07. The standard InChI is InChI=1S/C10H7N3O/c1-8(14)13-4-2-3-10(13)5-9(6-11)7-12/h2-5H,1H3. The Labute approximate surface area is 81.3 Å². The number of carbonyl (C=O) groups is 1. The summed E-state index contributed by atoms with van der Waals surface area (Å²) >= 11 is 0. The number of hydrogen-bond donors (Lipinski definition) is 0. The van der Waals surface area contributed by atoms with E-state index in [0.717, 1.165) is 0 Å². The molecule has 0 unspecified atom stereocenters. The minimum Gasteiger partial charge on any atom is -0.288 e. The zero-order valence-electron chi connectivity index (χ0n) is 7.56. The van der Waals surface area contributed by atoms with Crippen LogP contribution in [0.15, 0.2) is 23.9 Å². The Morgan fingerprint density at radius 3 is 2.64 bits per heavy atom. The van der Waals surface area contributed by atoms with Gasteiger partial charge in [-0.3, -0.25) is 9.36 Å². The van der Waals surface area contributed by atoms with Gasteiger partial charge >= 0.3 is 0 Å². The molecule has 1 rings (SSSR count). The SMILES string of the molecule is CC(=O)n1cccc1C=C(C#N)C#N. The molecule has 0 spiro atoms. The number of nitriles is 2. The molecule has 0 bridgehead atoms. The van der Waals surface area contributed by atoms with Crippen LogP contribution in [0.25, 0.3) is 6.08 Å². The van der Waals surface area contributed by atoms with Gasteiger partial charge in [0.25, 0.3) is 0 Å². The predicted octanol–water partition coefficient (Wildman–Crippen LogP) is 1.58. The quantitative estimate of drug-likeness (QED) is 0.623. The molecule has 0 aromatic carbocycles. The molecule has 4 nitrogen and oxygen atoms in total. The molecule has 0 aliphatic carbocycles. The number of rotatable bonds is 1. The van der Waals surface area contributed by atoms with E-state index in [0.29, 0.717) is 5.69 Å². The fraction of sp³-hybridized carbons (Fsp3) is 0.100. The summed E-state index contributed by atoms with van der Waals surface area (Å²) in [5.41, 5.74) is 0.516. The minimum atomic E-state index is -0.156. The number of allylic oxidation sites excluding steroid dienone is 1. The monoisotopic (exact) mass is 185 g/mol. The minimum absolute atomic E-state index is 0.0220. The summed E-state index contributed by atoms with van der Waals surface area (Å²) in [6.45, 7) is 1.41. The van der Waals surface area contributed by atoms with Gasteiger partial charge in [0.2, 0.25) is 5.91 Å². The van der Waals surface area contributed by atoms with Crippen molar-refractivity contribution in [3.63, 3.8) is 0 Å². The van der Waals surface area contributed by atoms with Gasteiger partial charge in [-0.2, -0.15) is 10.5 Å². The van der Waals surface area contributed by atoms with Crippen LogP contribution < -0.4 is 0 Å². The van der Waals surface area contributed by atoms with Crippen molar-refractivity contribution in [1.82, 2.24) is 4.57 Å². The average molecular weight is 185 g/mol. The Balaban J connectivity index is 3.17. The van der Waals surface area contributed by atoms with E-state index in [4.69, 9.17) is 10.5 Å². The Morgan fingerprint density at radius 2 is 2.14 bits per heavy atom. The van der Waals surface area contributed by atoms with E-state index in [-0.39, 0.29) is 11.5 Å². The molecule has 0 fully saturated rings. The predicted molar refractivity (Wildman–Crippen MR) is 49.9 cm³/mol. The molecule has 14 heavy (non-hydrogen) atoms. The first kappa shape index (κ1) is 9.76. The lowest BCUT2D eigenvalue weighted by Gasteiger charge is -1.98. The molecule has 0 saturated carbocycles. The molecular weight excluding hydrogens is 178 g/mol. The van der Waals surface area contributed by atoms with E-state index in [1.54, 1.807) is 30.5 Å². The second kappa shape index (κ2) is 4.06. The van der Waals surface area contributed by atoms with Crippen molar-refractivity contribution in [3.8, 4) is 12.1 Å². The van der Waals surface area contributed by atoms with Crippen LogP contribution in [0.4, 0.5) is 0 Å². The van der Waals surface area contributed by atoms with E-state index in [1.165, 1.54) is 17.6 Å². The molecule has 1 aromatic heterocycles. The van der Waals surface area contributed by atoms with Crippen molar-refractivity contribution >= 4 is 12.0 Å². The van der Waals surface area contributed by atoms with Gasteiger partial charge in [0.05, 0.1) is 5.69 Å². The molecule has 0 atom stereocenters. The fourth-order valence-electron chi connectivity index (χ4n) is 1.04. The first-order valence-electron chi connectivity index (χ1n) is 3.89. The molecule has 0 radical (unpaired) electrons. The zero-order chi connectivity index (χ0) is 10.6. The maximum absolute atomic E-state index is 11.1. The molecule has 4 heteroatoms. The molecule has 0 aliphatic heterocycles. The highest BCUT2D eigenvalue weighted by molar-refractivity contribution is 5.80. The summed E-state index contributed by atoms with van der Waals surface area (Å²) in [6.07, 6.45) is 2.96. The average Bonchev–Trinajstić information content (AvgIpc) is 2.62. The lowest BCUT2D eigenvalue weighted by molar-refractivity contribution is 0.0936. The van der Waals surface area contributed by atoms with E-state index in [9.17, 15) is 4.79 Å². The molecule has 0 saturated heterocycles. The van der Waals surface area contributed by atoms with Crippen molar-refractivity contribution in [2.45, 2.75) is 6.92 Å². The number of carbonyl (C=O) groups excluding carboxylic acids is 1. The highest BCUT2D eigenvalue weighted by atomic mass is 16.1. The summed E-state index contributed by atoms with van der Waals surface area (Å²) in [5.74, 6) is -0.156. The van der Waals surface area contributed by atoms with Crippen LogP contribution in [0.2, 0.25) is 0 Å². The summed E-state index contributed by atoms with van der Waals surface area (Å²) in [4.78, 5) is 11.1. The highest BCUT2D eigenvalue weighted by Gasteiger charge is 2.03. The van der Waals surface area contributed by atoms with Crippen LogP contribution >= 0.6 is 0 Å². The third-order valence-corrected chi connectivity index (χ3v) is 1.65. The fourth-order valence-corrected chi connectivity index (χ4v) is 1.04. The maximum Gasteiger partial charge on any atom is 0.227 e. The Morgan fingerprint density at radius 1 is 1.50 bits per heavy atom. The topological polar surface area (TPSA) is 69.6 Å². The van der Waals surface area contributed by atoms with Gasteiger partial charge in [0, 0.05) is 13.1 Å². The van der Waals surface area contributed by atoms with Crippen LogP contribution in [0.3, 0.4) is 0 Å². The molecule has 0 aliphatic rings. The molecule has 1 aromatic rings. The summed E-state index contributed by atoms with van der Waals surface area (Å²) in [5, 5.41) is 17.0. The van der Waals surface area contributed by atoms with Crippen LogP contribution in [0.5, 0.6) is 0 Å². The number of aromatic nitrogens is 1. The smallest absolute Gasteiger partial charge is 0.227 e. The van der Waals surface area contributed by atoms with Crippen LogP contribution in [0, 0.1) is 22.7 Å². The van der Waals surface area contributed by atoms with E-state index in [2.05, 4.69) is 0 Å². The number of hydrogen-bond acceptors (Lipinski definition) is 3. The van der Waals surface area contributed by atoms with Gasteiger partial charge in [0.1, 0.15) is 17.7 Å². The second-order valence-electron chi connectivity index (χ2n) is 2.60. The second-order valence-corrected chi connectivity index (χ2v) is 2.60. The van der Waals surface area contributed by atoms with Crippen molar-refractivity contribution in [3.05, 3.63) is 29.6 Å². The Kier molecular flexibility index (Phi) is 2.83. The van der Waals surface area contributed by atoms with E-state index >= 15 is 0 Å². The van der Waals surface area contributed by atoms with Gasteiger partial charge < -0.3 is 0 Å². The maximum atomic E-state index is 11.1. The third-order valence-electron chi connectivity index (χ3n) is 1.65. The summed E-state index contributed by atoms with van der Waals surface area (Å²) in [7, 11) is 0. The molecule has 1 heterocycles. The van der Waals surface area contributed by atoms with Gasteiger partial charge in [-0.1, -0.05) is 0 Å². The number of nitrogens with zero attached hydrogens (tertiary/aromatic N) is 3. The van der Waals surface area contributed by atoms with Crippen molar-refractivity contribution in [1.29, 1.82) is 10.5 Å². The van der Waals surface area contributed by atoms with Gasteiger partial charge in [-0.15, -0.1) is 0 Å². The van der Waals surface area contributed by atoms with Gasteiger partial charge in [-0.25, -0.2) is 0 Å². The zero-order valence-corrected chi connectivity index (χ0v) is 7.56. The van der Waals surface area contributed by atoms with Gasteiger partial charge in [0.15, 0.2) is 0 Å². The van der Waals surface area contributed by atoms with Crippen molar-refractivity contribution in [2.75, 3.05) is 0 Å². The van der Waals surface area contributed by atoms with E-state index < -0.39 is 0 Å². The largest absolute Gasteiger partial charge is 0.288 e. The lowest BCUT2D eigenvalue weighted by Crippen LogP contribution is -2.05. The van der Waals surface area contributed by atoms with Crippen LogP contribution in [0.1, 0.15) is 17.4 Å². The van der Waals surface area contributed by atoms with Crippen LogP contribution in [-0.2, 0) is 0 Å². The molecular formula is C10H7N3O. The normalized spacial score (nSPS) is 8.50. The summed E-state index contributed by atoms with van der Waals surface area (Å²) in [6, 6.07) is 6.81. The van der Waals surface area contributed by atoms with Crippen molar-refractivity contribution < 1.29 is 4.79 Å². The Hall–Kier alpha value is -2.33. The molecule has 0 N–H and O–H groups in total. The first-order valence-corrected chi connectivity index (χ1v) is 3.89. The van der Waals surface area contributed by atoms with Gasteiger partial charge in [-0.05, 0) is 18.2 Å². The third kappa shape index (κ3) is 1.88. The molecule has 0 amide bonds. The Bertz CT molecular complexity index is 452.